The highest BCUT2D eigenvalue weighted by Gasteiger charge is 2.04. The molecule has 0 aliphatic carbocycles. The molecule has 0 bridgehead atoms. The maximum absolute atomic E-state index is 12.8. The topological polar surface area (TPSA) is 39.4 Å². The Morgan fingerprint density at radius 3 is 2.32 bits per heavy atom. The van der Waals surface area contributed by atoms with Gasteiger partial charge in [-0.25, -0.2) is 4.39 Å². The van der Waals surface area contributed by atoms with E-state index in [0.29, 0.717) is 30.2 Å². The van der Waals surface area contributed by atoms with Crippen molar-refractivity contribution >= 4 is 6.29 Å². The van der Waals surface area contributed by atoms with Gasteiger partial charge in [0.1, 0.15) is 23.9 Å². The van der Waals surface area contributed by atoms with Gasteiger partial charge in [0.05, 0.1) is 0 Å². The van der Waals surface area contributed by atoms with Gasteiger partial charge >= 0.3 is 0 Å². The number of rotatable bonds is 5. The van der Waals surface area contributed by atoms with E-state index >= 15 is 0 Å². The molecule has 22 heavy (non-hydrogen) atoms. The average Bonchev–Trinajstić information content (AvgIpc) is 3.04. The van der Waals surface area contributed by atoms with Crippen LogP contribution in [0.25, 0.3) is 11.3 Å². The maximum Gasteiger partial charge on any atom is 0.185 e. The van der Waals surface area contributed by atoms with Crippen molar-refractivity contribution in [2.75, 3.05) is 0 Å². The molecule has 3 nitrogen and oxygen atoms in total. The number of aldehydes is 1. The molecule has 0 amide bonds. The zero-order chi connectivity index (χ0) is 15.4. The Labute approximate surface area is 127 Å². The average molecular weight is 296 g/mol. The molecule has 0 unspecified atom stereocenters. The predicted octanol–water partition coefficient (Wildman–Crippen LogP) is 4.48. The first-order valence-corrected chi connectivity index (χ1v) is 6.77. The van der Waals surface area contributed by atoms with Crippen LogP contribution in [0.4, 0.5) is 4.39 Å². The molecule has 3 rings (SSSR count). The molecular formula is C18H13FO3. The highest BCUT2D eigenvalue weighted by molar-refractivity contribution is 5.72. The molecule has 0 spiro atoms. The van der Waals surface area contributed by atoms with E-state index in [-0.39, 0.29) is 5.82 Å². The quantitative estimate of drug-likeness (QED) is 0.652. The summed E-state index contributed by atoms with van der Waals surface area (Å²) < 4.78 is 23.8. The molecule has 4 heteroatoms. The lowest BCUT2D eigenvalue weighted by Gasteiger charge is -2.07. The minimum atomic E-state index is -0.263. The first kappa shape index (κ1) is 14.1. The summed E-state index contributed by atoms with van der Waals surface area (Å²) in [5.74, 6) is 1.37. The number of ether oxygens (including phenoxy) is 1. The third kappa shape index (κ3) is 3.23. The molecular weight excluding hydrogens is 283 g/mol. The molecule has 0 N–H and O–H groups in total. The van der Waals surface area contributed by atoms with Gasteiger partial charge in [0, 0.05) is 5.56 Å². The van der Waals surface area contributed by atoms with Crippen LogP contribution < -0.4 is 4.74 Å². The number of carbonyl (C=O) groups is 1. The summed E-state index contributed by atoms with van der Waals surface area (Å²) in [6, 6.07) is 16.9. The molecule has 110 valence electrons. The van der Waals surface area contributed by atoms with Crippen LogP contribution in [0, 0.1) is 5.82 Å². The summed E-state index contributed by atoms with van der Waals surface area (Å²) in [5, 5.41) is 0. The first-order valence-electron chi connectivity index (χ1n) is 6.77. The Morgan fingerprint density at radius 2 is 1.68 bits per heavy atom. The van der Waals surface area contributed by atoms with Gasteiger partial charge in [-0.3, -0.25) is 4.79 Å². The molecule has 0 atom stereocenters. The summed E-state index contributed by atoms with van der Waals surface area (Å²) in [6.07, 6.45) is 0.670. The van der Waals surface area contributed by atoms with Crippen LogP contribution >= 0.6 is 0 Å². The number of furan rings is 1. The second kappa shape index (κ2) is 6.26. The Kier molecular flexibility index (Phi) is 4.01. The van der Waals surface area contributed by atoms with Gasteiger partial charge in [0.15, 0.2) is 12.0 Å². The molecule has 0 fully saturated rings. The SMILES string of the molecule is O=Cc1ccc(-c2ccc(OCc3ccc(F)cc3)cc2)o1. The number of benzene rings is 2. The van der Waals surface area contributed by atoms with Gasteiger partial charge in [-0.2, -0.15) is 0 Å². The third-order valence-electron chi connectivity index (χ3n) is 3.20. The minimum absolute atomic E-state index is 0.263. The van der Waals surface area contributed by atoms with Gasteiger partial charge in [0.2, 0.25) is 0 Å². The zero-order valence-electron chi connectivity index (χ0n) is 11.7. The van der Waals surface area contributed by atoms with Crippen molar-refractivity contribution in [3.8, 4) is 17.1 Å². The number of hydrogen-bond donors (Lipinski definition) is 0. The van der Waals surface area contributed by atoms with Crippen LogP contribution in [0.15, 0.2) is 65.1 Å². The van der Waals surface area contributed by atoms with E-state index in [1.165, 1.54) is 12.1 Å². The van der Waals surface area contributed by atoms with Gasteiger partial charge in [-0.05, 0) is 54.1 Å². The van der Waals surface area contributed by atoms with E-state index in [9.17, 15) is 9.18 Å². The fourth-order valence-electron chi connectivity index (χ4n) is 2.03. The van der Waals surface area contributed by atoms with Gasteiger partial charge < -0.3 is 9.15 Å². The van der Waals surface area contributed by atoms with E-state index in [0.717, 1.165) is 11.1 Å². The summed E-state index contributed by atoms with van der Waals surface area (Å²) >= 11 is 0. The minimum Gasteiger partial charge on any atom is -0.489 e. The van der Waals surface area contributed by atoms with Gasteiger partial charge in [0.25, 0.3) is 0 Å². The second-order valence-corrected chi connectivity index (χ2v) is 4.76. The molecule has 1 aromatic heterocycles. The van der Waals surface area contributed by atoms with E-state index < -0.39 is 0 Å². The zero-order valence-corrected chi connectivity index (χ0v) is 11.7. The Hall–Kier alpha value is -2.88. The lowest BCUT2D eigenvalue weighted by Crippen LogP contribution is -1.95. The van der Waals surface area contributed by atoms with Crippen LogP contribution in [0.5, 0.6) is 5.75 Å². The monoisotopic (exact) mass is 296 g/mol. The number of hydrogen-bond acceptors (Lipinski definition) is 3. The van der Waals surface area contributed by atoms with Crippen LogP contribution in [0.1, 0.15) is 16.1 Å². The summed E-state index contributed by atoms with van der Waals surface area (Å²) in [5.41, 5.74) is 1.76. The van der Waals surface area contributed by atoms with Crippen molar-refractivity contribution < 1.29 is 18.3 Å². The largest absolute Gasteiger partial charge is 0.489 e. The molecule has 0 aliphatic rings. The molecule has 0 saturated carbocycles. The first-order chi connectivity index (χ1) is 10.7. The van der Waals surface area contributed by atoms with Crippen molar-refractivity contribution in [1.82, 2.24) is 0 Å². The Bertz CT molecular complexity index is 758. The number of halogens is 1. The van der Waals surface area contributed by atoms with Gasteiger partial charge in [-0.15, -0.1) is 0 Å². The molecule has 2 aromatic carbocycles. The van der Waals surface area contributed by atoms with E-state index in [2.05, 4.69) is 0 Å². The summed E-state index contributed by atoms with van der Waals surface area (Å²) in [4.78, 5) is 10.6. The van der Waals surface area contributed by atoms with Crippen LogP contribution in [-0.2, 0) is 6.61 Å². The Morgan fingerprint density at radius 1 is 0.955 bits per heavy atom. The van der Waals surface area contributed by atoms with Crippen molar-refractivity contribution in [1.29, 1.82) is 0 Å². The maximum atomic E-state index is 12.8. The van der Waals surface area contributed by atoms with Crippen molar-refractivity contribution in [3.63, 3.8) is 0 Å². The van der Waals surface area contributed by atoms with Crippen molar-refractivity contribution in [2.24, 2.45) is 0 Å². The molecule has 3 aromatic rings. The van der Waals surface area contributed by atoms with Crippen molar-refractivity contribution in [2.45, 2.75) is 6.61 Å². The highest BCUT2D eigenvalue weighted by atomic mass is 19.1. The summed E-state index contributed by atoms with van der Waals surface area (Å²) in [7, 11) is 0. The van der Waals surface area contributed by atoms with Crippen LogP contribution in [0.2, 0.25) is 0 Å². The normalized spacial score (nSPS) is 10.4. The fraction of sp³-hybridized carbons (Fsp3) is 0.0556. The third-order valence-corrected chi connectivity index (χ3v) is 3.20. The smallest absolute Gasteiger partial charge is 0.185 e. The lowest BCUT2D eigenvalue weighted by atomic mass is 10.2. The van der Waals surface area contributed by atoms with Crippen LogP contribution in [-0.4, -0.2) is 6.29 Å². The lowest BCUT2D eigenvalue weighted by molar-refractivity contribution is 0.110. The van der Waals surface area contributed by atoms with E-state index in [1.807, 2.05) is 24.3 Å². The van der Waals surface area contributed by atoms with Gasteiger partial charge in [-0.1, -0.05) is 12.1 Å². The molecule has 0 saturated heterocycles. The Balaban J connectivity index is 1.66. The molecule has 0 aliphatic heterocycles. The van der Waals surface area contributed by atoms with E-state index in [1.54, 1.807) is 24.3 Å². The highest BCUT2D eigenvalue weighted by Crippen LogP contribution is 2.24. The molecule has 1 heterocycles. The second-order valence-electron chi connectivity index (χ2n) is 4.76. The standard InChI is InChI=1S/C18H13FO3/c19-15-5-1-13(2-6-15)12-21-16-7-3-14(4-8-16)18-10-9-17(11-20)22-18/h1-11H,12H2. The predicted molar refractivity (Wildman–Crippen MR) is 80.3 cm³/mol. The summed E-state index contributed by atoms with van der Waals surface area (Å²) in [6.45, 7) is 0.371. The van der Waals surface area contributed by atoms with Crippen LogP contribution in [0.3, 0.4) is 0 Å². The molecule has 0 radical (unpaired) electrons. The fourth-order valence-corrected chi connectivity index (χ4v) is 2.03. The van der Waals surface area contributed by atoms with Crippen molar-refractivity contribution in [3.05, 3.63) is 77.8 Å². The van der Waals surface area contributed by atoms with E-state index in [4.69, 9.17) is 9.15 Å². The number of carbonyl (C=O) groups excluding carboxylic acids is 1.